The summed E-state index contributed by atoms with van der Waals surface area (Å²) in [5.74, 6) is 8.21. The number of aromatic nitrogens is 3. The van der Waals surface area contributed by atoms with Crippen LogP contribution in [0, 0.1) is 6.92 Å². The zero-order chi connectivity index (χ0) is 21.7. The van der Waals surface area contributed by atoms with Gasteiger partial charge in [-0.3, -0.25) is 4.79 Å². The van der Waals surface area contributed by atoms with Gasteiger partial charge < -0.3 is 15.5 Å². The molecule has 2 N–H and O–H groups in total. The summed E-state index contributed by atoms with van der Waals surface area (Å²) in [5, 5.41) is 8.80. The number of nitrogens with zero attached hydrogens (tertiary/aromatic N) is 4. The number of hydrogen-bond donors (Lipinski definition) is 1. The minimum atomic E-state index is 0.0674. The summed E-state index contributed by atoms with van der Waals surface area (Å²) in [6, 6.07) is 6.20. The van der Waals surface area contributed by atoms with E-state index in [1.807, 2.05) is 24.8 Å². The number of carbonyl (C=O) groups excluding carboxylic acids is 1. The number of rotatable bonds is 9. The molecule has 0 fully saturated rings. The van der Waals surface area contributed by atoms with E-state index in [4.69, 9.17) is 10.6 Å². The number of nitrogens with two attached hydrogens (primary N) is 1. The van der Waals surface area contributed by atoms with Gasteiger partial charge in [-0.25, -0.2) is 4.68 Å². The predicted molar refractivity (Wildman–Crippen MR) is 120 cm³/mol. The van der Waals surface area contributed by atoms with Gasteiger partial charge in [0.05, 0.1) is 5.75 Å². The van der Waals surface area contributed by atoms with Crippen LogP contribution in [0.2, 0.25) is 0 Å². The molecular formula is C22H31N5O2S. The number of carbonyl (C=O) groups is 1. The lowest BCUT2D eigenvalue weighted by Gasteiger charge is -2.21. The van der Waals surface area contributed by atoms with Gasteiger partial charge in [0.15, 0.2) is 5.82 Å². The standard InChI is InChI=1S/C22H31N5O2S/c1-5-26(17-8-6-7-9-17)21(28)14-30-22-25-24-20(27(22)23)13-29-19-12-16(4)10-11-18(19)15(2)3/h8,10-12,15H,5-7,9,13-14,23H2,1-4H3. The molecule has 1 amide bonds. The molecule has 0 bridgehead atoms. The molecule has 1 aliphatic carbocycles. The topological polar surface area (TPSA) is 86.3 Å². The second-order valence-corrected chi connectivity index (χ2v) is 8.71. The SMILES string of the molecule is CCN(C(=O)CSc1nnc(COc2cc(C)ccc2C(C)C)n1N)C1=CCCC1. The van der Waals surface area contributed by atoms with Gasteiger partial charge in [-0.1, -0.05) is 43.8 Å². The highest BCUT2D eigenvalue weighted by atomic mass is 32.2. The van der Waals surface area contributed by atoms with Crippen LogP contribution in [0.4, 0.5) is 0 Å². The quantitative estimate of drug-likeness (QED) is 0.479. The fourth-order valence-corrected chi connectivity index (χ4v) is 4.28. The molecule has 0 aliphatic heterocycles. The average Bonchev–Trinajstić information content (AvgIpc) is 3.35. The summed E-state index contributed by atoms with van der Waals surface area (Å²) in [6.45, 7) is 9.20. The van der Waals surface area contributed by atoms with Crippen molar-refractivity contribution in [3.63, 3.8) is 0 Å². The average molecular weight is 430 g/mol. The van der Waals surface area contributed by atoms with Crippen LogP contribution in [0.3, 0.4) is 0 Å². The fraction of sp³-hybridized carbons (Fsp3) is 0.500. The third-order valence-corrected chi connectivity index (χ3v) is 6.12. The van der Waals surface area contributed by atoms with E-state index in [1.54, 1.807) is 0 Å². The third-order valence-electron chi connectivity index (χ3n) is 5.19. The van der Waals surface area contributed by atoms with Gasteiger partial charge in [0.1, 0.15) is 12.4 Å². The van der Waals surface area contributed by atoms with Gasteiger partial charge >= 0.3 is 0 Å². The zero-order valence-electron chi connectivity index (χ0n) is 18.2. The summed E-state index contributed by atoms with van der Waals surface area (Å²) in [4.78, 5) is 14.5. The van der Waals surface area contributed by atoms with Gasteiger partial charge in [0.2, 0.25) is 11.1 Å². The minimum Gasteiger partial charge on any atom is -0.485 e. The summed E-state index contributed by atoms with van der Waals surface area (Å²) < 4.78 is 7.42. The molecule has 1 aromatic carbocycles. The van der Waals surface area contributed by atoms with Crippen LogP contribution < -0.4 is 10.6 Å². The Balaban J connectivity index is 1.61. The van der Waals surface area contributed by atoms with Gasteiger partial charge in [0.25, 0.3) is 0 Å². The highest BCUT2D eigenvalue weighted by molar-refractivity contribution is 7.99. The van der Waals surface area contributed by atoms with Crippen molar-refractivity contribution in [2.45, 2.75) is 64.6 Å². The van der Waals surface area contributed by atoms with Crippen molar-refractivity contribution in [1.82, 2.24) is 19.8 Å². The van der Waals surface area contributed by atoms with Gasteiger partial charge in [-0.05, 0) is 56.2 Å². The number of hydrogen-bond acceptors (Lipinski definition) is 6. The van der Waals surface area contributed by atoms with Crippen molar-refractivity contribution in [3.05, 3.63) is 46.9 Å². The van der Waals surface area contributed by atoms with E-state index < -0.39 is 0 Å². The molecule has 0 saturated carbocycles. The smallest absolute Gasteiger partial charge is 0.237 e. The molecule has 0 saturated heterocycles. The Kier molecular flexibility index (Phi) is 7.42. The first-order valence-corrected chi connectivity index (χ1v) is 11.4. The van der Waals surface area contributed by atoms with Crippen molar-refractivity contribution in [1.29, 1.82) is 0 Å². The molecule has 1 heterocycles. The summed E-state index contributed by atoms with van der Waals surface area (Å²) in [7, 11) is 0. The van der Waals surface area contributed by atoms with E-state index in [0.29, 0.717) is 23.4 Å². The minimum absolute atomic E-state index is 0.0674. The Morgan fingerprint density at radius 1 is 1.37 bits per heavy atom. The molecule has 2 aromatic rings. The number of nitrogen functional groups attached to an aromatic ring is 1. The maximum absolute atomic E-state index is 12.6. The molecule has 0 spiro atoms. The summed E-state index contributed by atoms with van der Waals surface area (Å²) >= 11 is 1.30. The predicted octanol–water partition coefficient (Wildman–Crippen LogP) is 4.01. The number of benzene rings is 1. The van der Waals surface area contributed by atoms with Crippen molar-refractivity contribution in [2.75, 3.05) is 18.1 Å². The van der Waals surface area contributed by atoms with Crippen LogP contribution in [0.15, 0.2) is 35.1 Å². The van der Waals surface area contributed by atoms with E-state index in [9.17, 15) is 4.79 Å². The molecular weight excluding hydrogens is 398 g/mol. The van der Waals surface area contributed by atoms with Crippen LogP contribution in [0.25, 0.3) is 0 Å². The van der Waals surface area contributed by atoms with E-state index >= 15 is 0 Å². The molecule has 1 aromatic heterocycles. The second kappa shape index (κ2) is 10.0. The van der Waals surface area contributed by atoms with Crippen molar-refractivity contribution in [2.24, 2.45) is 0 Å². The Labute approximate surface area is 182 Å². The third kappa shape index (κ3) is 5.16. The van der Waals surface area contributed by atoms with Crippen molar-refractivity contribution in [3.8, 4) is 5.75 Å². The first-order valence-electron chi connectivity index (χ1n) is 10.5. The van der Waals surface area contributed by atoms with Gasteiger partial charge in [-0.2, -0.15) is 0 Å². The molecule has 0 radical (unpaired) electrons. The lowest BCUT2D eigenvalue weighted by Crippen LogP contribution is -2.31. The van der Waals surface area contributed by atoms with Crippen molar-refractivity contribution < 1.29 is 9.53 Å². The highest BCUT2D eigenvalue weighted by Gasteiger charge is 2.20. The van der Waals surface area contributed by atoms with Gasteiger partial charge in [0, 0.05) is 12.2 Å². The van der Waals surface area contributed by atoms with E-state index in [1.165, 1.54) is 16.4 Å². The number of thioether (sulfide) groups is 1. The van der Waals surface area contributed by atoms with Crippen LogP contribution in [0.5, 0.6) is 5.75 Å². The first kappa shape index (κ1) is 22.2. The van der Waals surface area contributed by atoms with Gasteiger partial charge in [-0.15, -0.1) is 10.2 Å². The molecule has 1 aliphatic rings. The second-order valence-electron chi connectivity index (χ2n) is 7.77. The normalized spacial score (nSPS) is 13.6. The number of aryl methyl sites for hydroxylation is 1. The van der Waals surface area contributed by atoms with Crippen LogP contribution in [-0.2, 0) is 11.4 Å². The number of allylic oxidation sites excluding steroid dienone is 2. The van der Waals surface area contributed by atoms with E-state index in [0.717, 1.165) is 41.8 Å². The number of ether oxygens (including phenoxy) is 1. The Bertz CT molecular complexity index is 922. The molecule has 30 heavy (non-hydrogen) atoms. The maximum Gasteiger partial charge on any atom is 0.237 e. The molecule has 162 valence electrons. The zero-order valence-corrected chi connectivity index (χ0v) is 19.0. The molecule has 7 nitrogen and oxygen atoms in total. The summed E-state index contributed by atoms with van der Waals surface area (Å²) in [5.41, 5.74) is 3.41. The molecule has 0 unspecified atom stereocenters. The van der Waals surface area contributed by atoms with Crippen LogP contribution in [0.1, 0.15) is 62.9 Å². The largest absolute Gasteiger partial charge is 0.485 e. The van der Waals surface area contributed by atoms with E-state index in [2.05, 4.69) is 42.3 Å². The Morgan fingerprint density at radius 2 is 2.17 bits per heavy atom. The lowest BCUT2D eigenvalue weighted by atomic mass is 10.0. The highest BCUT2D eigenvalue weighted by Crippen LogP contribution is 2.28. The summed E-state index contributed by atoms with van der Waals surface area (Å²) in [6.07, 6.45) is 5.29. The molecule has 3 rings (SSSR count). The molecule has 0 atom stereocenters. The number of amides is 1. The molecule has 8 heteroatoms. The van der Waals surface area contributed by atoms with Crippen LogP contribution in [-0.4, -0.2) is 38.0 Å². The lowest BCUT2D eigenvalue weighted by molar-refractivity contribution is -0.126. The fourth-order valence-electron chi connectivity index (χ4n) is 3.53. The van der Waals surface area contributed by atoms with E-state index in [-0.39, 0.29) is 18.3 Å². The monoisotopic (exact) mass is 429 g/mol. The van der Waals surface area contributed by atoms with Crippen molar-refractivity contribution >= 4 is 17.7 Å². The first-order chi connectivity index (χ1) is 14.4. The Morgan fingerprint density at radius 3 is 2.83 bits per heavy atom. The Hall–Kier alpha value is -2.48. The maximum atomic E-state index is 12.6. The van der Waals surface area contributed by atoms with Crippen LogP contribution >= 0.6 is 11.8 Å².